The molecule has 306 valence electrons. The molecule has 15 nitrogen and oxygen atoms in total. The van der Waals surface area contributed by atoms with Gasteiger partial charge in [-0.05, 0) is 62.2 Å². The molecule has 16 heteroatoms. The number of H-pyrrole nitrogens is 1. The molecule has 8 aliphatic rings. The van der Waals surface area contributed by atoms with E-state index in [1.165, 1.54) is 25.8 Å². The lowest BCUT2D eigenvalue weighted by Crippen LogP contribution is -2.70. The van der Waals surface area contributed by atoms with Crippen LogP contribution in [0.25, 0.3) is 10.9 Å². The monoisotopic (exact) mass is 814 g/mol. The molecular formula is C42H46N4O11S. The third-order valence-electron chi connectivity index (χ3n) is 13.1. The first-order valence-electron chi connectivity index (χ1n) is 19.4. The summed E-state index contributed by atoms with van der Waals surface area (Å²) in [6, 6.07) is 5.22. The fourth-order valence-corrected chi connectivity index (χ4v) is 12.6. The highest BCUT2D eigenvalue weighted by Crippen LogP contribution is 2.65. The highest BCUT2D eigenvalue weighted by atomic mass is 32.2. The number of hydrogen-bond donors (Lipinski definition) is 5. The predicted molar refractivity (Wildman–Crippen MR) is 211 cm³/mol. The molecule has 0 aliphatic carbocycles. The number of aromatic amines is 1. The molecule has 8 aliphatic heterocycles. The van der Waals surface area contributed by atoms with Crippen LogP contribution in [-0.2, 0) is 32.7 Å². The Morgan fingerprint density at radius 2 is 1.86 bits per heavy atom. The first-order chi connectivity index (χ1) is 27.8. The van der Waals surface area contributed by atoms with Gasteiger partial charge in [0.2, 0.25) is 6.79 Å². The average molecular weight is 815 g/mol. The van der Waals surface area contributed by atoms with E-state index in [0.717, 1.165) is 27.6 Å². The molecule has 0 amide bonds. The van der Waals surface area contributed by atoms with E-state index in [2.05, 4.69) is 15.2 Å². The van der Waals surface area contributed by atoms with Gasteiger partial charge in [-0.1, -0.05) is 6.07 Å². The number of phenolic OH excluding ortho intramolecular Hbond substituents is 1. The van der Waals surface area contributed by atoms with Gasteiger partial charge in [-0.15, -0.1) is 11.8 Å². The number of rotatable bonds is 4. The minimum Gasteiger partial charge on any atom is -0.504 e. The van der Waals surface area contributed by atoms with Crippen LogP contribution < -0.4 is 29.0 Å². The summed E-state index contributed by atoms with van der Waals surface area (Å²) in [5, 5.41) is 39.8. The van der Waals surface area contributed by atoms with Gasteiger partial charge in [-0.3, -0.25) is 19.9 Å². The molecule has 1 spiro atoms. The zero-order chi connectivity index (χ0) is 40.6. The fourth-order valence-electron chi connectivity index (χ4n) is 11.0. The normalized spacial score (nSPS) is 30.6. The number of aryl methyl sites for hydroxylation is 1. The molecule has 5 N–H and O–H groups in total. The summed E-state index contributed by atoms with van der Waals surface area (Å²) in [6.45, 7) is 4.72. The number of aromatic nitrogens is 1. The number of nitrogens with one attached hydrogen (secondary N) is 2. The Morgan fingerprint density at radius 3 is 2.60 bits per heavy atom. The number of likely N-dealkylation sites (N-methyl/N-ethyl adjacent to an activating group) is 1. The summed E-state index contributed by atoms with van der Waals surface area (Å²) in [6.07, 6.45) is 0.601. The molecule has 2 saturated heterocycles. The van der Waals surface area contributed by atoms with Crippen LogP contribution in [0.15, 0.2) is 24.3 Å². The molecule has 1 aromatic heterocycles. The van der Waals surface area contributed by atoms with Gasteiger partial charge in [-0.25, -0.2) is 4.79 Å². The number of thioether (sulfide) groups is 1. The number of esters is 2. The lowest BCUT2D eigenvalue weighted by molar-refractivity contribution is -0.215. The Morgan fingerprint density at radius 1 is 1.07 bits per heavy atom. The molecule has 0 saturated carbocycles. The quantitative estimate of drug-likeness (QED) is 0.149. The minimum absolute atomic E-state index is 0.00139. The zero-order valence-electron chi connectivity index (χ0n) is 33.1. The lowest BCUT2D eigenvalue weighted by Gasteiger charge is -2.60. The third kappa shape index (κ3) is 5.05. The van der Waals surface area contributed by atoms with Crippen molar-refractivity contribution in [1.29, 1.82) is 0 Å². The van der Waals surface area contributed by atoms with Crippen LogP contribution in [0.3, 0.4) is 0 Å². The molecule has 2 fully saturated rings. The smallest absolute Gasteiger partial charge is 0.333 e. The number of benzene rings is 3. The van der Waals surface area contributed by atoms with Crippen LogP contribution in [0.4, 0.5) is 0 Å². The SMILES string of the molecule is COc1ccc2[nH]c3c(c2c1)C[C@H](CO)N[C@]31CS[C@@H]2c3c(OC(C)=O)c(C)c4c(c3[C@H](COC1=O)N1[C@@H]2C2c3c(cc(C)c(OC)c3O)CC1(O)CN2C)OCO4. The zero-order valence-corrected chi connectivity index (χ0v) is 33.9. The summed E-state index contributed by atoms with van der Waals surface area (Å²) in [7, 11) is 5.07. The standard InChI is InChI=1S/C42H46N4O11S/c1-18-9-21-12-41(51)15-45(4)31(28(21)33(49)34(18)53-6)32-38-30-29(37-36(55-17-56-37)19(2)35(30)57-20(3)48)27(46(32)41)14-54-40(50)42(16-58-38)39-25(10-22(13-47)44-42)24-11-23(52-5)7-8-26(24)43-39/h7-9,11,22,27,31-32,38,43-44,47,49,51H,10,12-17H2,1-6H3/t22-,27+,31?,32-,38-,41?,42-/m1/s1. The molecule has 8 atom stereocenters. The summed E-state index contributed by atoms with van der Waals surface area (Å²) < 4.78 is 36.3. The van der Waals surface area contributed by atoms with Gasteiger partial charge in [0.15, 0.2) is 28.5 Å². The number of piperazine rings is 1. The molecule has 9 heterocycles. The summed E-state index contributed by atoms with van der Waals surface area (Å²) in [4.78, 5) is 35.8. The highest BCUT2D eigenvalue weighted by molar-refractivity contribution is 7.99. The van der Waals surface area contributed by atoms with Crippen LogP contribution in [0.1, 0.15) is 68.9 Å². The van der Waals surface area contributed by atoms with Crippen LogP contribution in [0.2, 0.25) is 0 Å². The maximum Gasteiger partial charge on any atom is 0.333 e. The van der Waals surface area contributed by atoms with Crippen LogP contribution >= 0.6 is 11.8 Å². The number of aromatic hydroxyl groups is 1. The molecule has 0 radical (unpaired) electrons. The van der Waals surface area contributed by atoms with E-state index < -0.39 is 52.6 Å². The number of fused-ring (bicyclic) bond motifs is 8. The molecular weight excluding hydrogens is 769 g/mol. The molecule has 58 heavy (non-hydrogen) atoms. The van der Waals surface area contributed by atoms with E-state index >= 15 is 4.79 Å². The van der Waals surface area contributed by atoms with Crippen molar-refractivity contribution in [2.75, 3.05) is 53.6 Å². The molecule has 12 rings (SSSR count). The van der Waals surface area contributed by atoms with Gasteiger partial charge in [-0.2, -0.15) is 0 Å². The molecule has 4 aromatic rings. The van der Waals surface area contributed by atoms with Gasteiger partial charge in [0.05, 0.1) is 43.9 Å². The van der Waals surface area contributed by atoms with Crippen molar-refractivity contribution in [3.63, 3.8) is 0 Å². The summed E-state index contributed by atoms with van der Waals surface area (Å²) >= 11 is 1.46. The average Bonchev–Trinajstić information content (AvgIpc) is 3.78. The van der Waals surface area contributed by atoms with Crippen molar-refractivity contribution < 1.29 is 53.3 Å². The van der Waals surface area contributed by atoms with E-state index in [4.69, 9.17) is 28.4 Å². The first-order valence-corrected chi connectivity index (χ1v) is 20.5. The van der Waals surface area contributed by atoms with Crippen molar-refractivity contribution in [3.8, 4) is 34.5 Å². The maximum atomic E-state index is 15.1. The van der Waals surface area contributed by atoms with E-state index in [1.807, 2.05) is 50.1 Å². The number of carbonyl (C=O) groups excluding carboxylic acids is 2. The topological polar surface area (TPSA) is 185 Å². The number of phenols is 1. The van der Waals surface area contributed by atoms with Crippen molar-refractivity contribution in [1.82, 2.24) is 20.1 Å². The van der Waals surface area contributed by atoms with Crippen molar-refractivity contribution in [2.45, 2.75) is 74.3 Å². The van der Waals surface area contributed by atoms with E-state index in [0.29, 0.717) is 63.1 Å². The third-order valence-corrected chi connectivity index (χ3v) is 14.6. The van der Waals surface area contributed by atoms with Gasteiger partial charge >= 0.3 is 11.9 Å². The van der Waals surface area contributed by atoms with Crippen LogP contribution in [0.5, 0.6) is 34.5 Å². The van der Waals surface area contributed by atoms with Gasteiger partial charge < -0.3 is 48.7 Å². The van der Waals surface area contributed by atoms with Gasteiger partial charge in [0, 0.05) is 70.9 Å². The number of hydrogen-bond acceptors (Lipinski definition) is 15. The van der Waals surface area contributed by atoms with Gasteiger partial charge in [0.25, 0.3) is 0 Å². The Balaban J connectivity index is 1.25. The minimum atomic E-state index is -1.54. The lowest BCUT2D eigenvalue weighted by atomic mass is 9.78. The first kappa shape index (κ1) is 37.6. The largest absolute Gasteiger partial charge is 0.504 e. The highest BCUT2D eigenvalue weighted by Gasteiger charge is 2.64. The molecule has 3 unspecified atom stereocenters. The number of nitrogens with zero attached hydrogens (tertiary/aromatic N) is 2. The molecule has 4 bridgehead atoms. The second kappa shape index (κ2) is 13.1. The Kier molecular flexibility index (Phi) is 8.51. The van der Waals surface area contributed by atoms with Crippen LogP contribution in [0, 0.1) is 13.8 Å². The Hall–Kier alpha value is -4.71. The second-order valence-corrected chi connectivity index (χ2v) is 17.5. The van der Waals surface area contributed by atoms with Gasteiger partial charge in [0.1, 0.15) is 23.8 Å². The number of carbonyl (C=O) groups is 2. The summed E-state index contributed by atoms with van der Waals surface area (Å²) in [5.41, 5.74) is 3.31. The van der Waals surface area contributed by atoms with E-state index in [1.54, 1.807) is 7.11 Å². The van der Waals surface area contributed by atoms with Crippen molar-refractivity contribution in [3.05, 3.63) is 68.9 Å². The maximum absolute atomic E-state index is 15.1. The number of aliphatic hydroxyl groups excluding tert-OH is 1. The van der Waals surface area contributed by atoms with E-state index in [-0.39, 0.29) is 44.5 Å². The summed E-state index contributed by atoms with van der Waals surface area (Å²) in [5.74, 6) is 1.22. The van der Waals surface area contributed by atoms with Crippen molar-refractivity contribution in [2.24, 2.45) is 0 Å². The predicted octanol–water partition coefficient (Wildman–Crippen LogP) is 3.55. The fraction of sp³-hybridized carbons (Fsp3) is 0.476. The Bertz CT molecular complexity index is 2440. The van der Waals surface area contributed by atoms with Crippen molar-refractivity contribution >= 4 is 34.6 Å². The molecule has 3 aromatic carbocycles. The number of methoxy groups -OCH3 is 2. The Labute approximate surface area is 338 Å². The van der Waals surface area contributed by atoms with Crippen LogP contribution in [-0.4, -0.2) is 113 Å². The second-order valence-electron chi connectivity index (χ2n) is 16.4. The number of ether oxygens (including phenoxy) is 6. The number of aliphatic hydroxyl groups is 2. The van der Waals surface area contributed by atoms with E-state index in [9.17, 15) is 20.1 Å².